The molecule has 2 rings (SSSR count). The first-order chi connectivity index (χ1) is 11.4. The van der Waals surface area contributed by atoms with Crippen LogP contribution in [0.4, 0.5) is 5.69 Å². The number of sulfonamides is 1. The maximum absolute atomic E-state index is 12.4. The van der Waals surface area contributed by atoms with Crippen molar-refractivity contribution in [3.63, 3.8) is 0 Å². The van der Waals surface area contributed by atoms with Crippen LogP contribution in [0, 0.1) is 0 Å². The topological polar surface area (TPSA) is 66.5 Å². The highest BCUT2D eigenvalue weighted by Crippen LogP contribution is 2.28. The maximum atomic E-state index is 12.4. The first kappa shape index (κ1) is 19.1. The zero-order valence-electron chi connectivity index (χ0n) is 14.3. The molecule has 1 amide bonds. The van der Waals surface area contributed by atoms with Gasteiger partial charge in [0.1, 0.15) is 6.04 Å². The van der Waals surface area contributed by atoms with Crippen molar-refractivity contribution in [2.75, 3.05) is 22.9 Å². The molecule has 1 saturated carbocycles. The number of carbonyl (C=O) groups excluding carboxylic acids is 1. The maximum Gasteiger partial charge on any atom is 0.243 e. The van der Waals surface area contributed by atoms with Crippen molar-refractivity contribution in [2.45, 2.75) is 43.9 Å². The minimum atomic E-state index is -3.54. The van der Waals surface area contributed by atoms with Crippen molar-refractivity contribution >= 4 is 33.4 Å². The molecule has 0 aromatic heterocycles. The van der Waals surface area contributed by atoms with Crippen LogP contribution in [0.25, 0.3) is 0 Å². The van der Waals surface area contributed by atoms with Crippen LogP contribution in [0.5, 0.6) is 0 Å². The lowest BCUT2D eigenvalue weighted by atomic mass is 10.2. The highest BCUT2D eigenvalue weighted by Gasteiger charge is 2.28. The molecule has 7 heteroatoms. The summed E-state index contributed by atoms with van der Waals surface area (Å²) in [5.74, 6) is 0.601. The molecule has 0 radical (unpaired) electrons. The van der Waals surface area contributed by atoms with E-state index in [9.17, 15) is 13.2 Å². The fraction of sp³-hybridized carbons (Fsp3) is 0.588. The predicted molar refractivity (Wildman–Crippen MR) is 101 cm³/mol. The molecule has 1 aromatic carbocycles. The Morgan fingerprint density at radius 2 is 1.92 bits per heavy atom. The third-order valence-electron chi connectivity index (χ3n) is 4.16. The lowest BCUT2D eigenvalue weighted by Gasteiger charge is -2.28. The van der Waals surface area contributed by atoms with Gasteiger partial charge in [0.05, 0.1) is 11.9 Å². The molecule has 0 saturated heterocycles. The average Bonchev–Trinajstić information content (AvgIpc) is 3.04. The number of nitrogens with zero attached hydrogens (tertiary/aromatic N) is 1. The number of benzene rings is 1. The summed E-state index contributed by atoms with van der Waals surface area (Å²) in [5, 5.41) is 3.58. The van der Waals surface area contributed by atoms with Crippen LogP contribution in [0.1, 0.15) is 32.6 Å². The number of hydrogen-bond acceptors (Lipinski definition) is 4. The van der Waals surface area contributed by atoms with Crippen molar-refractivity contribution < 1.29 is 13.2 Å². The number of amides is 1. The Hall–Kier alpha value is -1.21. The van der Waals surface area contributed by atoms with Crippen molar-refractivity contribution in [3.8, 4) is 0 Å². The third-order valence-corrected chi connectivity index (χ3v) is 6.78. The summed E-state index contributed by atoms with van der Waals surface area (Å²) in [6, 6.07) is 7.95. The number of anilines is 1. The van der Waals surface area contributed by atoms with Crippen LogP contribution in [0.2, 0.25) is 0 Å². The van der Waals surface area contributed by atoms with Crippen molar-refractivity contribution in [3.05, 3.63) is 30.3 Å². The largest absolute Gasteiger partial charge is 0.353 e. The van der Waals surface area contributed by atoms with Crippen LogP contribution in [0.15, 0.2) is 30.3 Å². The molecule has 0 spiro atoms. The second kappa shape index (κ2) is 8.76. The average molecular weight is 371 g/mol. The zero-order valence-corrected chi connectivity index (χ0v) is 15.9. The molecule has 1 aliphatic carbocycles. The van der Waals surface area contributed by atoms with Crippen LogP contribution >= 0.6 is 11.8 Å². The van der Waals surface area contributed by atoms with Gasteiger partial charge in [0.2, 0.25) is 15.9 Å². The Labute approximate surface area is 149 Å². The highest BCUT2D eigenvalue weighted by molar-refractivity contribution is 7.99. The number of rotatable bonds is 8. The van der Waals surface area contributed by atoms with E-state index in [1.807, 2.05) is 17.8 Å². The first-order valence-electron chi connectivity index (χ1n) is 8.33. The monoisotopic (exact) mass is 370 g/mol. The van der Waals surface area contributed by atoms with Gasteiger partial charge in [-0.1, -0.05) is 31.0 Å². The number of hydrogen-bond donors (Lipinski definition) is 1. The van der Waals surface area contributed by atoms with Crippen LogP contribution in [-0.2, 0) is 14.8 Å². The highest BCUT2D eigenvalue weighted by atomic mass is 32.2. The van der Waals surface area contributed by atoms with E-state index in [0.29, 0.717) is 12.2 Å². The molecule has 0 aliphatic heterocycles. The van der Waals surface area contributed by atoms with E-state index >= 15 is 0 Å². The van der Waals surface area contributed by atoms with E-state index < -0.39 is 16.1 Å². The molecule has 0 unspecified atom stereocenters. The first-order valence-corrected chi connectivity index (χ1v) is 11.2. The quantitative estimate of drug-likeness (QED) is 0.715. The van der Waals surface area contributed by atoms with Crippen LogP contribution in [-0.4, -0.2) is 44.2 Å². The summed E-state index contributed by atoms with van der Waals surface area (Å²) in [4.78, 5) is 12.4. The van der Waals surface area contributed by atoms with Gasteiger partial charge in [0.15, 0.2) is 0 Å². The molecule has 1 fully saturated rings. The molecule has 0 bridgehead atoms. The SMILES string of the molecule is C[C@@H](C(=O)NCCSC1CCCC1)N(c1ccccc1)S(C)(=O)=O. The van der Waals surface area contributed by atoms with E-state index in [1.54, 1.807) is 31.2 Å². The molecule has 1 N–H and O–H groups in total. The molecule has 1 atom stereocenters. The Morgan fingerprint density at radius 1 is 1.29 bits per heavy atom. The van der Waals surface area contributed by atoms with Gasteiger partial charge in [-0.15, -0.1) is 0 Å². The number of thioether (sulfide) groups is 1. The van der Waals surface area contributed by atoms with E-state index in [2.05, 4.69) is 5.32 Å². The smallest absolute Gasteiger partial charge is 0.243 e. The van der Waals surface area contributed by atoms with Crippen LogP contribution < -0.4 is 9.62 Å². The fourth-order valence-electron chi connectivity index (χ4n) is 2.99. The van der Waals surface area contributed by atoms with Crippen molar-refractivity contribution in [1.29, 1.82) is 0 Å². The third kappa shape index (κ3) is 5.41. The lowest BCUT2D eigenvalue weighted by Crippen LogP contribution is -2.48. The normalized spacial score (nSPS) is 16.8. The van der Waals surface area contributed by atoms with Gasteiger partial charge in [-0.25, -0.2) is 8.42 Å². The number of carbonyl (C=O) groups is 1. The summed E-state index contributed by atoms with van der Waals surface area (Å²) in [6.07, 6.45) is 6.28. The number of para-hydroxylation sites is 1. The van der Waals surface area contributed by atoms with Gasteiger partial charge >= 0.3 is 0 Å². The Balaban J connectivity index is 1.91. The summed E-state index contributed by atoms with van der Waals surface area (Å²) < 4.78 is 25.4. The molecule has 1 aromatic rings. The van der Waals surface area contributed by atoms with Gasteiger partial charge in [0.25, 0.3) is 0 Å². The molecule has 134 valence electrons. The van der Waals surface area contributed by atoms with Gasteiger partial charge in [-0.05, 0) is 31.9 Å². The standard InChI is InChI=1S/C17H26N2O3S2/c1-14(17(20)18-12-13-23-16-10-6-7-11-16)19(24(2,21)22)15-8-4-3-5-9-15/h3-5,8-9,14,16H,6-7,10-13H2,1-2H3,(H,18,20)/t14-/m0/s1. The molecule has 5 nitrogen and oxygen atoms in total. The Morgan fingerprint density at radius 3 is 2.50 bits per heavy atom. The van der Waals surface area contributed by atoms with Gasteiger partial charge in [0, 0.05) is 17.5 Å². The summed E-state index contributed by atoms with van der Waals surface area (Å²) >= 11 is 1.90. The molecule has 24 heavy (non-hydrogen) atoms. The summed E-state index contributed by atoms with van der Waals surface area (Å²) in [5.41, 5.74) is 0.503. The zero-order chi connectivity index (χ0) is 17.6. The Kier molecular flexibility index (Phi) is 6.98. The second-order valence-electron chi connectivity index (χ2n) is 6.14. The van der Waals surface area contributed by atoms with Gasteiger partial charge in [-0.3, -0.25) is 9.10 Å². The molecular formula is C17H26N2O3S2. The van der Waals surface area contributed by atoms with Gasteiger partial charge in [-0.2, -0.15) is 11.8 Å². The van der Waals surface area contributed by atoms with Crippen molar-refractivity contribution in [1.82, 2.24) is 5.32 Å². The molecule has 1 aliphatic rings. The Bertz CT molecular complexity index is 628. The van der Waals surface area contributed by atoms with Gasteiger partial charge < -0.3 is 5.32 Å². The fourth-order valence-corrected chi connectivity index (χ4v) is 5.38. The van der Waals surface area contributed by atoms with E-state index in [-0.39, 0.29) is 5.91 Å². The van der Waals surface area contributed by atoms with Crippen molar-refractivity contribution in [2.24, 2.45) is 0 Å². The molecule has 0 heterocycles. The predicted octanol–water partition coefficient (Wildman–Crippen LogP) is 2.63. The summed E-state index contributed by atoms with van der Waals surface area (Å²) in [7, 11) is -3.54. The van der Waals surface area contributed by atoms with E-state index in [1.165, 1.54) is 30.0 Å². The minimum Gasteiger partial charge on any atom is -0.353 e. The molecular weight excluding hydrogens is 344 g/mol. The van der Waals surface area contributed by atoms with E-state index in [0.717, 1.165) is 17.3 Å². The van der Waals surface area contributed by atoms with E-state index in [4.69, 9.17) is 0 Å². The number of nitrogens with one attached hydrogen (secondary N) is 1. The lowest BCUT2D eigenvalue weighted by molar-refractivity contribution is -0.121. The second-order valence-corrected chi connectivity index (χ2v) is 9.41. The van der Waals surface area contributed by atoms with Crippen LogP contribution in [0.3, 0.4) is 0 Å². The minimum absolute atomic E-state index is 0.267. The summed E-state index contributed by atoms with van der Waals surface area (Å²) in [6.45, 7) is 2.18.